The Morgan fingerprint density at radius 1 is 1.14 bits per heavy atom. The van der Waals surface area contributed by atoms with Crippen molar-refractivity contribution in [2.75, 3.05) is 17.2 Å². The van der Waals surface area contributed by atoms with Crippen LogP contribution in [0.4, 0.5) is 16.3 Å². The van der Waals surface area contributed by atoms with Gasteiger partial charge in [0.1, 0.15) is 11.4 Å². The van der Waals surface area contributed by atoms with Gasteiger partial charge in [0.25, 0.3) is 5.91 Å². The lowest BCUT2D eigenvalue weighted by Gasteiger charge is -2.38. The monoisotopic (exact) mass is 507 g/mol. The van der Waals surface area contributed by atoms with Gasteiger partial charge in [-0.1, -0.05) is 19.1 Å². The Bertz CT molecular complexity index is 1250. The van der Waals surface area contributed by atoms with Crippen LogP contribution in [0.1, 0.15) is 73.6 Å². The molecule has 0 unspecified atom stereocenters. The van der Waals surface area contributed by atoms with Gasteiger partial charge >= 0.3 is 17.9 Å². The number of rotatable bonds is 3. The Balaban J connectivity index is 1.46. The molecule has 4 rings (SSSR count). The van der Waals surface area contributed by atoms with Crippen molar-refractivity contribution in [2.45, 2.75) is 65.6 Å². The molecule has 0 saturated carbocycles. The third kappa shape index (κ3) is 6.07. The quantitative estimate of drug-likeness (QED) is 0.540. The van der Waals surface area contributed by atoms with Gasteiger partial charge in [-0.05, 0) is 75.3 Å². The van der Waals surface area contributed by atoms with Gasteiger partial charge in [0, 0.05) is 18.7 Å². The average molecular weight is 508 g/mol. The number of amides is 4. The number of hydrogen-bond acceptors (Lipinski definition) is 6. The van der Waals surface area contributed by atoms with Crippen molar-refractivity contribution in [3.05, 3.63) is 52.7 Å². The summed E-state index contributed by atoms with van der Waals surface area (Å²) in [5, 5.41) is 8.04. The molecule has 2 atom stereocenters. The first kappa shape index (κ1) is 26.1. The normalized spacial score (nSPS) is 19.1. The summed E-state index contributed by atoms with van der Waals surface area (Å²) in [5.74, 6) is -0.922. The third-order valence-electron chi connectivity index (χ3n) is 6.43. The molecule has 3 heterocycles. The number of ether oxygens (including phenoxy) is 1. The minimum absolute atomic E-state index is 0.0951. The molecule has 10 heteroatoms. The Labute approximate surface area is 216 Å². The van der Waals surface area contributed by atoms with Crippen molar-refractivity contribution < 1.29 is 23.9 Å². The van der Waals surface area contributed by atoms with E-state index in [1.54, 1.807) is 44.7 Å². The van der Waals surface area contributed by atoms with Crippen LogP contribution < -0.4 is 16.0 Å². The minimum Gasteiger partial charge on any atom is -0.444 e. The Morgan fingerprint density at radius 2 is 1.89 bits per heavy atom. The zero-order chi connectivity index (χ0) is 26.9. The summed E-state index contributed by atoms with van der Waals surface area (Å²) in [7, 11) is 0. The molecule has 0 aliphatic carbocycles. The van der Waals surface area contributed by atoms with Crippen LogP contribution in [0.25, 0.3) is 0 Å². The van der Waals surface area contributed by atoms with E-state index in [-0.39, 0.29) is 17.9 Å². The third-order valence-corrected chi connectivity index (χ3v) is 6.43. The number of carbonyl (C=O) groups excluding carboxylic acids is 4. The second-order valence-electron chi connectivity index (χ2n) is 10.7. The summed E-state index contributed by atoms with van der Waals surface area (Å²) in [5.41, 5.74) is 2.76. The zero-order valence-corrected chi connectivity index (χ0v) is 21.8. The largest absolute Gasteiger partial charge is 0.444 e. The molecule has 0 bridgehead atoms. The fourth-order valence-corrected chi connectivity index (χ4v) is 4.67. The molecule has 1 aromatic carbocycles. The van der Waals surface area contributed by atoms with Crippen molar-refractivity contribution in [3.63, 3.8) is 0 Å². The molecular weight excluding hydrogens is 474 g/mol. The number of fused-ring (bicyclic) bond motifs is 1. The van der Waals surface area contributed by atoms with Gasteiger partial charge in [0.05, 0.1) is 17.9 Å². The van der Waals surface area contributed by atoms with Crippen molar-refractivity contribution in [3.8, 4) is 0 Å². The van der Waals surface area contributed by atoms with E-state index in [1.807, 2.05) is 12.1 Å². The summed E-state index contributed by atoms with van der Waals surface area (Å²) in [6.45, 7) is 10.00. The van der Waals surface area contributed by atoms with Crippen LogP contribution in [0, 0.1) is 12.8 Å². The van der Waals surface area contributed by atoms with E-state index in [1.165, 1.54) is 6.20 Å². The summed E-state index contributed by atoms with van der Waals surface area (Å²) >= 11 is 0. The zero-order valence-electron chi connectivity index (χ0n) is 21.8. The maximum absolute atomic E-state index is 13.3. The number of nitrogens with one attached hydrogen (secondary N) is 3. The lowest BCUT2D eigenvalue weighted by atomic mass is 9.88. The highest BCUT2D eigenvalue weighted by molar-refractivity contribution is 6.39. The molecule has 196 valence electrons. The van der Waals surface area contributed by atoms with E-state index in [2.05, 4.69) is 27.9 Å². The molecule has 1 saturated heterocycles. The SMILES string of the molecule is Cc1cc(NC(=O)C(=O)N2C[C@@H](C)CC[C@@H]2c2ccc3c(c2)CNC3=O)cnc1NC(=O)OC(C)(C)C. The first-order valence-corrected chi connectivity index (χ1v) is 12.4. The van der Waals surface area contributed by atoms with Crippen LogP contribution in [0.2, 0.25) is 0 Å². The molecular formula is C27H33N5O5. The van der Waals surface area contributed by atoms with Crippen molar-refractivity contribution >= 4 is 35.3 Å². The molecule has 37 heavy (non-hydrogen) atoms. The molecule has 3 N–H and O–H groups in total. The number of anilines is 2. The molecule has 2 aliphatic rings. The van der Waals surface area contributed by atoms with E-state index < -0.39 is 23.5 Å². The van der Waals surface area contributed by atoms with Gasteiger partial charge < -0.3 is 20.3 Å². The number of likely N-dealkylation sites (tertiary alicyclic amines) is 1. The molecule has 2 aliphatic heterocycles. The summed E-state index contributed by atoms with van der Waals surface area (Å²) in [4.78, 5) is 56.1. The minimum atomic E-state index is -0.758. The summed E-state index contributed by atoms with van der Waals surface area (Å²) in [6, 6.07) is 6.98. The van der Waals surface area contributed by atoms with E-state index >= 15 is 0 Å². The van der Waals surface area contributed by atoms with Gasteiger partial charge in [-0.3, -0.25) is 19.7 Å². The van der Waals surface area contributed by atoms with Crippen LogP contribution in [-0.4, -0.2) is 45.8 Å². The Morgan fingerprint density at radius 3 is 2.59 bits per heavy atom. The molecule has 0 spiro atoms. The molecule has 0 radical (unpaired) electrons. The number of carbonyl (C=O) groups is 4. The molecule has 1 aromatic heterocycles. The Kier molecular flexibility index (Phi) is 7.20. The molecule has 2 aromatic rings. The number of piperidine rings is 1. The van der Waals surface area contributed by atoms with Gasteiger partial charge in [-0.2, -0.15) is 0 Å². The van der Waals surface area contributed by atoms with Gasteiger partial charge in [0.2, 0.25) is 0 Å². The molecule has 4 amide bonds. The fourth-order valence-electron chi connectivity index (χ4n) is 4.67. The van der Waals surface area contributed by atoms with Gasteiger partial charge in [-0.25, -0.2) is 9.78 Å². The lowest BCUT2D eigenvalue weighted by Crippen LogP contribution is -2.46. The lowest BCUT2D eigenvalue weighted by molar-refractivity contribution is -0.146. The number of nitrogens with zero attached hydrogens (tertiary/aromatic N) is 2. The predicted octanol–water partition coefficient (Wildman–Crippen LogP) is 3.92. The topological polar surface area (TPSA) is 130 Å². The van der Waals surface area contributed by atoms with Crippen LogP contribution in [-0.2, 0) is 20.9 Å². The number of aromatic nitrogens is 1. The first-order chi connectivity index (χ1) is 17.4. The van der Waals surface area contributed by atoms with Crippen molar-refractivity contribution in [2.24, 2.45) is 5.92 Å². The smallest absolute Gasteiger partial charge is 0.413 e. The number of benzene rings is 1. The number of pyridine rings is 1. The first-order valence-electron chi connectivity index (χ1n) is 12.4. The van der Waals surface area contributed by atoms with Gasteiger partial charge in [-0.15, -0.1) is 0 Å². The molecule has 10 nitrogen and oxygen atoms in total. The van der Waals surface area contributed by atoms with E-state index in [0.29, 0.717) is 35.7 Å². The van der Waals surface area contributed by atoms with Crippen molar-refractivity contribution in [1.29, 1.82) is 0 Å². The summed E-state index contributed by atoms with van der Waals surface area (Å²) < 4.78 is 5.24. The van der Waals surface area contributed by atoms with Crippen LogP contribution >= 0.6 is 0 Å². The van der Waals surface area contributed by atoms with Gasteiger partial charge in [0.15, 0.2) is 0 Å². The predicted molar refractivity (Wildman–Crippen MR) is 138 cm³/mol. The van der Waals surface area contributed by atoms with Crippen LogP contribution in [0.15, 0.2) is 30.5 Å². The van der Waals surface area contributed by atoms with Crippen LogP contribution in [0.3, 0.4) is 0 Å². The Hall–Kier alpha value is -3.95. The molecule has 1 fully saturated rings. The summed E-state index contributed by atoms with van der Waals surface area (Å²) in [6.07, 6.45) is 2.41. The number of hydrogen-bond donors (Lipinski definition) is 3. The highest BCUT2D eigenvalue weighted by Crippen LogP contribution is 2.35. The van der Waals surface area contributed by atoms with E-state index in [0.717, 1.165) is 24.0 Å². The standard InChI is InChI=1S/C27H33N5O5/c1-15-6-9-21(17-7-8-20-18(11-17)12-29-23(20)33)32(14-15)25(35)24(34)30-19-10-16(2)22(28-13-19)31-26(36)37-27(3,4)5/h7-8,10-11,13,15,21H,6,9,12,14H2,1-5H3,(H,29,33)(H,30,34)(H,28,31,36)/t15-,21+/m0/s1. The van der Waals surface area contributed by atoms with E-state index in [9.17, 15) is 19.2 Å². The second kappa shape index (κ2) is 10.2. The van der Waals surface area contributed by atoms with Crippen molar-refractivity contribution in [1.82, 2.24) is 15.2 Å². The highest BCUT2D eigenvalue weighted by Gasteiger charge is 2.35. The average Bonchev–Trinajstić information content (AvgIpc) is 3.19. The second-order valence-corrected chi connectivity index (χ2v) is 10.7. The van der Waals surface area contributed by atoms with E-state index in [4.69, 9.17) is 4.74 Å². The number of aryl methyl sites for hydroxylation is 1. The van der Waals surface area contributed by atoms with Crippen LogP contribution in [0.5, 0.6) is 0 Å². The highest BCUT2D eigenvalue weighted by atomic mass is 16.6. The fraction of sp³-hybridized carbons (Fsp3) is 0.444. The maximum atomic E-state index is 13.3. The maximum Gasteiger partial charge on any atom is 0.413 e.